The highest BCUT2D eigenvalue weighted by molar-refractivity contribution is 6.30. The molecule has 5 rings (SSSR count). The maximum absolute atomic E-state index is 14.2. The zero-order valence-corrected chi connectivity index (χ0v) is 28.5. The van der Waals surface area contributed by atoms with E-state index in [1.807, 2.05) is 67.6 Å². The number of ether oxygens (including phenoxy) is 1. The Labute approximate surface area is 287 Å². The van der Waals surface area contributed by atoms with Crippen molar-refractivity contribution in [3.8, 4) is 0 Å². The summed E-state index contributed by atoms with van der Waals surface area (Å²) in [7, 11) is 1.77. The summed E-state index contributed by atoms with van der Waals surface area (Å²) in [4.78, 5) is 48.2. The fourth-order valence-corrected chi connectivity index (χ4v) is 6.49. The molecule has 1 fully saturated rings. The van der Waals surface area contributed by atoms with Crippen LogP contribution in [0.2, 0.25) is 5.02 Å². The Hall–Kier alpha value is -3.89. The number of likely N-dealkylation sites (N-methyl/N-ethyl adjacent to an activating group) is 1. The van der Waals surface area contributed by atoms with Gasteiger partial charge in [-0.05, 0) is 87.2 Å². The largest absolute Gasteiger partial charge is 0.434 e. The van der Waals surface area contributed by atoms with E-state index in [0.29, 0.717) is 61.4 Å². The minimum Gasteiger partial charge on any atom is -0.434 e. The SMILES string of the molecule is CN[C@H](CCc1ccccc1)C(=O)N1C[C@H](OCc2ccc(Cl)cc2)C[C@H]1C(=O)C[C@@H](CCCCN)C(=O)c1nc2ccc(C)cc2o1. The van der Waals surface area contributed by atoms with Gasteiger partial charge in [0, 0.05) is 30.3 Å². The molecule has 1 amide bonds. The standard InChI is InChI=1S/C38H45ClN4O5/c1-25-11-17-31-35(20-25)48-37(42-31)36(45)28(10-6-7-19-40)21-34(44)33-22-30(47-24-27-12-15-29(39)16-13-27)23-43(33)38(46)32(41-2)18-14-26-8-4-3-5-9-26/h3-5,8-9,11-13,15-17,20,28,30,32-33,41H,6-7,10,14,18-19,21-24,40H2,1-2H3/t28-,30-,32-,33+/m1/s1. The number of carbonyl (C=O) groups excluding carboxylic acids is 3. The van der Waals surface area contributed by atoms with Crippen molar-refractivity contribution < 1.29 is 23.5 Å². The van der Waals surface area contributed by atoms with Crippen LogP contribution in [0.3, 0.4) is 0 Å². The van der Waals surface area contributed by atoms with Gasteiger partial charge in [0.2, 0.25) is 11.7 Å². The molecule has 1 aliphatic rings. The quantitative estimate of drug-likeness (QED) is 0.102. The first kappa shape index (κ1) is 35.4. The lowest BCUT2D eigenvalue weighted by molar-refractivity contribution is -0.139. The van der Waals surface area contributed by atoms with E-state index in [1.165, 1.54) is 0 Å². The Morgan fingerprint density at radius 2 is 1.81 bits per heavy atom. The second-order valence-electron chi connectivity index (χ2n) is 12.7. The Kier molecular flexibility index (Phi) is 12.5. The third-order valence-corrected chi connectivity index (χ3v) is 9.36. The van der Waals surface area contributed by atoms with E-state index in [4.69, 9.17) is 26.5 Å². The van der Waals surface area contributed by atoms with E-state index in [2.05, 4.69) is 10.3 Å². The summed E-state index contributed by atoms with van der Waals surface area (Å²) in [5.74, 6) is -1.28. The molecule has 0 bridgehead atoms. The van der Waals surface area contributed by atoms with E-state index in [9.17, 15) is 14.4 Å². The highest BCUT2D eigenvalue weighted by Gasteiger charge is 2.43. The van der Waals surface area contributed by atoms with Crippen LogP contribution in [0.4, 0.5) is 0 Å². The van der Waals surface area contributed by atoms with Crippen molar-refractivity contribution >= 4 is 40.2 Å². The van der Waals surface area contributed by atoms with Gasteiger partial charge in [0.15, 0.2) is 11.4 Å². The number of aryl methyl sites for hydroxylation is 2. The van der Waals surface area contributed by atoms with Gasteiger partial charge in [-0.25, -0.2) is 4.98 Å². The van der Waals surface area contributed by atoms with Crippen LogP contribution in [-0.4, -0.2) is 65.7 Å². The highest BCUT2D eigenvalue weighted by Crippen LogP contribution is 2.29. The number of halogens is 1. The summed E-state index contributed by atoms with van der Waals surface area (Å²) in [5.41, 5.74) is 9.97. The van der Waals surface area contributed by atoms with Crippen LogP contribution in [-0.2, 0) is 27.4 Å². The molecule has 0 saturated carbocycles. The van der Waals surface area contributed by atoms with Crippen LogP contribution in [0.25, 0.3) is 11.1 Å². The monoisotopic (exact) mass is 672 g/mol. The smallest absolute Gasteiger partial charge is 0.264 e. The van der Waals surface area contributed by atoms with Gasteiger partial charge in [-0.1, -0.05) is 66.6 Å². The van der Waals surface area contributed by atoms with Crippen molar-refractivity contribution in [1.29, 1.82) is 0 Å². The number of hydrogen-bond donors (Lipinski definition) is 2. The number of unbranched alkanes of at least 4 members (excludes halogenated alkanes) is 1. The average Bonchev–Trinajstić information content (AvgIpc) is 3.72. The lowest BCUT2D eigenvalue weighted by Gasteiger charge is -2.28. The molecular formula is C38H45ClN4O5. The number of likely N-dealkylation sites (tertiary alicyclic amines) is 1. The molecule has 3 N–H and O–H groups in total. The summed E-state index contributed by atoms with van der Waals surface area (Å²) in [6, 6.07) is 21.8. The number of nitrogens with two attached hydrogens (primary N) is 1. The van der Waals surface area contributed by atoms with Crippen molar-refractivity contribution in [1.82, 2.24) is 15.2 Å². The molecule has 254 valence electrons. The number of aromatic nitrogens is 1. The molecule has 1 aliphatic heterocycles. The predicted molar refractivity (Wildman–Crippen MR) is 187 cm³/mol. The summed E-state index contributed by atoms with van der Waals surface area (Å²) in [6.07, 6.45) is 3.12. The highest BCUT2D eigenvalue weighted by atomic mass is 35.5. The topological polar surface area (TPSA) is 128 Å². The number of nitrogens with one attached hydrogen (secondary N) is 1. The molecule has 9 nitrogen and oxygen atoms in total. The number of Topliss-reactive ketones (excluding diaryl/α,β-unsaturated/α-hetero) is 2. The maximum atomic E-state index is 14.2. The number of nitrogens with zero attached hydrogens (tertiary/aromatic N) is 2. The lowest BCUT2D eigenvalue weighted by atomic mass is 9.89. The zero-order chi connectivity index (χ0) is 34.0. The van der Waals surface area contributed by atoms with Gasteiger partial charge in [-0.2, -0.15) is 0 Å². The summed E-state index contributed by atoms with van der Waals surface area (Å²) in [6.45, 7) is 3.04. The molecular weight excluding hydrogens is 628 g/mol. The van der Waals surface area contributed by atoms with Gasteiger partial charge < -0.3 is 25.1 Å². The van der Waals surface area contributed by atoms with Crippen LogP contribution in [0, 0.1) is 12.8 Å². The van der Waals surface area contributed by atoms with Crippen LogP contribution in [0.15, 0.2) is 77.2 Å². The molecule has 1 saturated heterocycles. The molecule has 10 heteroatoms. The van der Waals surface area contributed by atoms with Gasteiger partial charge in [-0.15, -0.1) is 0 Å². The first-order valence-corrected chi connectivity index (χ1v) is 17.2. The molecule has 0 unspecified atom stereocenters. The Morgan fingerprint density at radius 3 is 2.54 bits per heavy atom. The zero-order valence-electron chi connectivity index (χ0n) is 27.7. The fraction of sp³-hybridized carbons (Fsp3) is 0.421. The van der Waals surface area contributed by atoms with Crippen molar-refractivity contribution in [3.63, 3.8) is 0 Å². The number of fused-ring (bicyclic) bond motifs is 1. The predicted octanol–water partition coefficient (Wildman–Crippen LogP) is 6.08. The van der Waals surface area contributed by atoms with Gasteiger partial charge in [-0.3, -0.25) is 14.4 Å². The Balaban J connectivity index is 1.34. The molecule has 4 aromatic rings. The minimum absolute atomic E-state index is 0.000774. The third-order valence-electron chi connectivity index (χ3n) is 9.11. The summed E-state index contributed by atoms with van der Waals surface area (Å²) in [5, 5.41) is 3.81. The number of carbonyl (C=O) groups is 3. The molecule has 3 aromatic carbocycles. The van der Waals surface area contributed by atoms with E-state index >= 15 is 0 Å². The van der Waals surface area contributed by atoms with Crippen molar-refractivity contribution in [3.05, 3.63) is 100 Å². The Morgan fingerprint density at radius 1 is 1.04 bits per heavy atom. The van der Waals surface area contributed by atoms with Crippen LogP contribution in [0.1, 0.15) is 65.9 Å². The van der Waals surface area contributed by atoms with Crippen LogP contribution >= 0.6 is 11.6 Å². The van der Waals surface area contributed by atoms with E-state index in [0.717, 1.165) is 23.1 Å². The lowest BCUT2D eigenvalue weighted by Crippen LogP contribution is -2.50. The van der Waals surface area contributed by atoms with Crippen LogP contribution in [0.5, 0.6) is 0 Å². The number of ketones is 2. The van der Waals surface area contributed by atoms with E-state index in [-0.39, 0.29) is 42.4 Å². The number of amides is 1. The fourth-order valence-electron chi connectivity index (χ4n) is 6.36. The molecule has 0 radical (unpaired) electrons. The van der Waals surface area contributed by atoms with Crippen molar-refractivity contribution in [2.45, 2.75) is 76.7 Å². The van der Waals surface area contributed by atoms with Crippen molar-refractivity contribution in [2.24, 2.45) is 11.7 Å². The third kappa shape index (κ3) is 9.17. The van der Waals surface area contributed by atoms with Gasteiger partial charge in [0.1, 0.15) is 5.52 Å². The number of oxazole rings is 1. The van der Waals surface area contributed by atoms with E-state index in [1.54, 1.807) is 24.1 Å². The number of hydrogen-bond acceptors (Lipinski definition) is 8. The first-order valence-electron chi connectivity index (χ1n) is 16.8. The normalized spacial score (nSPS) is 17.5. The number of rotatable bonds is 17. The summed E-state index contributed by atoms with van der Waals surface area (Å²) >= 11 is 6.06. The van der Waals surface area contributed by atoms with Gasteiger partial charge in [0.05, 0.1) is 24.8 Å². The second-order valence-corrected chi connectivity index (χ2v) is 13.1. The Bertz CT molecular complexity index is 1680. The van der Waals surface area contributed by atoms with Gasteiger partial charge >= 0.3 is 0 Å². The first-order chi connectivity index (χ1) is 23.2. The molecule has 2 heterocycles. The molecule has 48 heavy (non-hydrogen) atoms. The van der Waals surface area contributed by atoms with Crippen LogP contribution < -0.4 is 11.1 Å². The van der Waals surface area contributed by atoms with Crippen molar-refractivity contribution in [2.75, 3.05) is 20.1 Å². The molecule has 4 atom stereocenters. The molecule has 1 aromatic heterocycles. The van der Waals surface area contributed by atoms with E-state index < -0.39 is 18.0 Å². The maximum Gasteiger partial charge on any atom is 0.264 e. The molecule has 0 spiro atoms. The molecule has 0 aliphatic carbocycles. The number of benzene rings is 3. The second kappa shape index (κ2) is 17.0. The average molecular weight is 673 g/mol. The van der Waals surface area contributed by atoms with Gasteiger partial charge in [0.25, 0.3) is 5.89 Å². The summed E-state index contributed by atoms with van der Waals surface area (Å²) < 4.78 is 12.1. The minimum atomic E-state index is -0.726.